The van der Waals surface area contributed by atoms with Gasteiger partial charge in [-0.3, -0.25) is 0 Å². The summed E-state index contributed by atoms with van der Waals surface area (Å²) in [7, 11) is 6.19. The predicted molar refractivity (Wildman–Crippen MR) is 133 cm³/mol. The molecule has 0 aliphatic carbocycles. The van der Waals surface area contributed by atoms with Crippen LogP contribution >= 0.6 is 0 Å². The quantitative estimate of drug-likeness (QED) is 0.315. The molecule has 3 aromatic carbocycles. The van der Waals surface area contributed by atoms with E-state index in [0.29, 0.717) is 45.3 Å². The fraction of sp³-hybridized carbons (Fsp3) is 0.143. The number of methoxy groups -OCH3 is 4. The van der Waals surface area contributed by atoms with Crippen molar-refractivity contribution < 1.29 is 18.9 Å². The molecule has 0 unspecified atom stereocenters. The van der Waals surface area contributed by atoms with Gasteiger partial charge in [-0.1, -0.05) is 36.4 Å². The molecule has 0 aliphatic heterocycles. The molecule has 0 atom stereocenters. The Kier molecular flexibility index (Phi) is 7.94. The number of hydrogen-bond donors (Lipinski definition) is 0. The number of para-hydroxylation sites is 2. The Morgan fingerprint density at radius 2 is 0.941 bits per heavy atom. The molecule has 170 valence electrons. The zero-order valence-electron chi connectivity index (χ0n) is 19.5. The summed E-state index contributed by atoms with van der Waals surface area (Å²) >= 11 is 0. The van der Waals surface area contributed by atoms with Crippen LogP contribution in [0.3, 0.4) is 0 Å². The van der Waals surface area contributed by atoms with Crippen LogP contribution in [-0.4, -0.2) is 28.4 Å². The first-order valence-electron chi connectivity index (χ1n) is 10.4. The van der Waals surface area contributed by atoms with Crippen LogP contribution in [0.25, 0.3) is 23.3 Å². The van der Waals surface area contributed by atoms with Gasteiger partial charge in [-0.05, 0) is 36.4 Å². The van der Waals surface area contributed by atoms with Gasteiger partial charge in [-0.15, -0.1) is 0 Å². The minimum absolute atomic E-state index is 0.360. The lowest BCUT2D eigenvalue weighted by molar-refractivity contribution is 0.401. The number of ether oxygens (including phenoxy) is 4. The SMILES string of the molecule is COc1ccccc1/C=C(\C#N)c1cc(OC)c(/C(C#N)=C\c2ccccc2OC)cc1OC. The molecule has 6 nitrogen and oxygen atoms in total. The van der Waals surface area contributed by atoms with Crippen molar-refractivity contribution >= 4 is 23.3 Å². The third kappa shape index (κ3) is 5.03. The van der Waals surface area contributed by atoms with Gasteiger partial charge in [0.15, 0.2) is 0 Å². The summed E-state index contributed by atoms with van der Waals surface area (Å²) in [6.07, 6.45) is 3.46. The molecule has 3 aromatic rings. The summed E-state index contributed by atoms with van der Waals surface area (Å²) < 4.78 is 22.0. The van der Waals surface area contributed by atoms with E-state index in [1.54, 1.807) is 38.5 Å². The molecule has 0 heterocycles. The van der Waals surface area contributed by atoms with E-state index in [4.69, 9.17) is 18.9 Å². The van der Waals surface area contributed by atoms with Gasteiger partial charge in [0.2, 0.25) is 0 Å². The Hall–Kier alpha value is -4.68. The van der Waals surface area contributed by atoms with Gasteiger partial charge in [-0.2, -0.15) is 10.5 Å². The molecule has 3 rings (SSSR count). The van der Waals surface area contributed by atoms with Crippen molar-refractivity contribution in [3.05, 3.63) is 82.9 Å². The molecule has 0 bridgehead atoms. The van der Waals surface area contributed by atoms with E-state index < -0.39 is 0 Å². The molecule has 0 amide bonds. The summed E-state index contributed by atoms with van der Waals surface area (Å²) in [5, 5.41) is 19.9. The predicted octanol–water partition coefficient (Wildman–Crippen LogP) is 5.85. The Bertz CT molecular complexity index is 1220. The van der Waals surface area contributed by atoms with Gasteiger partial charge < -0.3 is 18.9 Å². The molecule has 34 heavy (non-hydrogen) atoms. The van der Waals surface area contributed by atoms with Gasteiger partial charge in [0, 0.05) is 22.3 Å². The first-order chi connectivity index (χ1) is 16.6. The second-order valence-corrected chi connectivity index (χ2v) is 7.08. The minimum atomic E-state index is 0.360. The van der Waals surface area contributed by atoms with Gasteiger partial charge >= 0.3 is 0 Å². The van der Waals surface area contributed by atoms with Crippen molar-refractivity contribution in [1.29, 1.82) is 10.5 Å². The van der Waals surface area contributed by atoms with Gasteiger partial charge in [0.1, 0.15) is 23.0 Å². The zero-order chi connectivity index (χ0) is 24.5. The van der Waals surface area contributed by atoms with Crippen molar-refractivity contribution in [2.75, 3.05) is 28.4 Å². The molecule has 0 aromatic heterocycles. The molecule has 0 aliphatic rings. The van der Waals surface area contributed by atoms with Crippen LogP contribution in [0.4, 0.5) is 0 Å². The average molecular weight is 453 g/mol. The van der Waals surface area contributed by atoms with Gasteiger partial charge in [-0.25, -0.2) is 0 Å². The third-order valence-corrected chi connectivity index (χ3v) is 5.22. The Balaban J connectivity index is 2.19. The molecule has 0 saturated carbocycles. The fourth-order valence-electron chi connectivity index (χ4n) is 3.54. The summed E-state index contributed by atoms with van der Waals surface area (Å²) in [6, 6.07) is 22.7. The molecule has 6 heteroatoms. The minimum Gasteiger partial charge on any atom is -0.496 e. The molecular weight excluding hydrogens is 428 g/mol. The van der Waals surface area contributed by atoms with Crippen LogP contribution in [0.5, 0.6) is 23.0 Å². The van der Waals surface area contributed by atoms with Crippen LogP contribution in [0, 0.1) is 22.7 Å². The van der Waals surface area contributed by atoms with E-state index >= 15 is 0 Å². The van der Waals surface area contributed by atoms with E-state index in [1.165, 1.54) is 14.2 Å². The zero-order valence-corrected chi connectivity index (χ0v) is 19.5. The summed E-state index contributed by atoms with van der Waals surface area (Å²) in [5.74, 6) is 2.15. The van der Waals surface area contributed by atoms with Crippen molar-refractivity contribution in [1.82, 2.24) is 0 Å². The van der Waals surface area contributed by atoms with Crippen LogP contribution < -0.4 is 18.9 Å². The van der Waals surface area contributed by atoms with Crippen LogP contribution in [0.15, 0.2) is 60.7 Å². The fourth-order valence-corrected chi connectivity index (χ4v) is 3.54. The van der Waals surface area contributed by atoms with Crippen molar-refractivity contribution in [2.45, 2.75) is 0 Å². The maximum atomic E-state index is 9.93. The standard InChI is InChI=1S/C28H24N2O4/c1-31-25-11-7-5-9-19(25)13-21(17-29)23-15-28(34-4)24(16-27(23)33-3)22(18-30)14-20-10-6-8-12-26(20)32-2/h5-16H,1-4H3/b21-13-,22-14+. The van der Waals surface area contributed by atoms with Crippen molar-refractivity contribution in [3.8, 4) is 35.1 Å². The molecule has 0 N–H and O–H groups in total. The molecule has 0 radical (unpaired) electrons. The Labute approximate surface area is 199 Å². The first kappa shape index (κ1) is 24.0. The second kappa shape index (κ2) is 11.3. The number of allylic oxidation sites excluding steroid dienone is 2. The number of hydrogen-bond acceptors (Lipinski definition) is 6. The van der Waals surface area contributed by atoms with E-state index in [9.17, 15) is 10.5 Å². The summed E-state index contributed by atoms with van der Waals surface area (Å²) in [4.78, 5) is 0. The summed E-state index contributed by atoms with van der Waals surface area (Å²) in [5.41, 5.74) is 3.29. The van der Waals surface area contributed by atoms with Crippen LogP contribution in [0.2, 0.25) is 0 Å². The highest BCUT2D eigenvalue weighted by molar-refractivity contribution is 5.97. The Morgan fingerprint density at radius 3 is 1.26 bits per heavy atom. The lowest BCUT2D eigenvalue weighted by Gasteiger charge is -2.15. The number of benzene rings is 3. The van der Waals surface area contributed by atoms with Crippen LogP contribution in [-0.2, 0) is 0 Å². The first-order valence-corrected chi connectivity index (χ1v) is 10.4. The number of nitrogens with zero attached hydrogens (tertiary/aromatic N) is 2. The van der Waals surface area contributed by atoms with Gasteiger partial charge in [0.05, 0.1) is 51.7 Å². The van der Waals surface area contributed by atoms with Crippen molar-refractivity contribution in [3.63, 3.8) is 0 Å². The highest BCUT2D eigenvalue weighted by Crippen LogP contribution is 2.38. The lowest BCUT2D eigenvalue weighted by Crippen LogP contribution is -1.98. The normalized spacial score (nSPS) is 11.2. The van der Waals surface area contributed by atoms with E-state index in [-0.39, 0.29) is 0 Å². The number of nitriles is 2. The number of rotatable bonds is 8. The van der Waals surface area contributed by atoms with E-state index in [1.807, 2.05) is 48.5 Å². The smallest absolute Gasteiger partial charge is 0.128 e. The Morgan fingerprint density at radius 1 is 0.588 bits per heavy atom. The second-order valence-electron chi connectivity index (χ2n) is 7.08. The van der Waals surface area contributed by atoms with Crippen molar-refractivity contribution in [2.24, 2.45) is 0 Å². The maximum Gasteiger partial charge on any atom is 0.128 e. The monoisotopic (exact) mass is 452 g/mol. The van der Waals surface area contributed by atoms with Gasteiger partial charge in [0.25, 0.3) is 0 Å². The van der Waals surface area contributed by atoms with E-state index in [2.05, 4.69) is 12.1 Å². The highest BCUT2D eigenvalue weighted by Gasteiger charge is 2.18. The van der Waals surface area contributed by atoms with E-state index in [0.717, 1.165) is 11.1 Å². The summed E-state index contributed by atoms with van der Waals surface area (Å²) in [6.45, 7) is 0. The topological polar surface area (TPSA) is 84.5 Å². The third-order valence-electron chi connectivity index (χ3n) is 5.22. The average Bonchev–Trinajstić information content (AvgIpc) is 2.90. The molecule has 0 fully saturated rings. The lowest BCUT2D eigenvalue weighted by atomic mass is 9.96. The molecule has 0 saturated heterocycles. The highest BCUT2D eigenvalue weighted by atomic mass is 16.5. The molecular formula is C28H24N2O4. The maximum absolute atomic E-state index is 9.93. The largest absolute Gasteiger partial charge is 0.496 e. The molecule has 0 spiro atoms. The van der Waals surface area contributed by atoms with Crippen LogP contribution in [0.1, 0.15) is 22.3 Å².